The Bertz CT molecular complexity index is 1330. The first kappa shape index (κ1) is 24.8. The van der Waals surface area contributed by atoms with Crippen molar-refractivity contribution in [3.8, 4) is 5.75 Å². The molecule has 1 aliphatic rings. The molecule has 0 spiro atoms. The van der Waals surface area contributed by atoms with Crippen LogP contribution in [0.4, 0.5) is 5.69 Å². The number of fused-ring (bicyclic) bond motifs is 1. The Balaban J connectivity index is 1.54. The Labute approximate surface area is 207 Å². The van der Waals surface area contributed by atoms with Crippen LogP contribution in [0.15, 0.2) is 71.6 Å². The van der Waals surface area contributed by atoms with Crippen molar-refractivity contribution in [2.24, 2.45) is 0 Å². The second kappa shape index (κ2) is 9.74. The van der Waals surface area contributed by atoms with Crippen molar-refractivity contribution in [3.05, 3.63) is 89.0 Å². The van der Waals surface area contributed by atoms with Gasteiger partial charge in [-0.1, -0.05) is 49.7 Å². The summed E-state index contributed by atoms with van der Waals surface area (Å²) >= 11 is 0. The average molecular weight is 493 g/mol. The third-order valence-electron chi connectivity index (χ3n) is 6.86. The number of aryl methyl sites for hydroxylation is 2. The number of rotatable bonds is 7. The summed E-state index contributed by atoms with van der Waals surface area (Å²) in [6.45, 7) is 7.90. The van der Waals surface area contributed by atoms with Crippen molar-refractivity contribution in [3.63, 3.8) is 0 Å². The predicted octanol–water partition coefficient (Wildman–Crippen LogP) is 5.92. The van der Waals surface area contributed by atoms with Gasteiger partial charge >= 0.3 is 0 Å². The third kappa shape index (κ3) is 5.20. The van der Waals surface area contributed by atoms with Crippen LogP contribution in [0.1, 0.15) is 66.2 Å². The van der Waals surface area contributed by atoms with Gasteiger partial charge in [0.1, 0.15) is 11.4 Å². The van der Waals surface area contributed by atoms with E-state index in [4.69, 9.17) is 4.74 Å². The van der Waals surface area contributed by atoms with Crippen LogP contribution in [0.2, 0.25) is 0 Å². The third-order valence-corrected chi connectivity index (χ3v) is 8.24. The first-order valence-electron chi connectivity index (χ1n) is 12.0. The molecule has 2 N–H and O–H groups in total. The number of hydrogen-bond donors (Lipinski definition) is 2. The van der Waals surface area contributed by atoms with E-state index in [-0.39, 0.29) is 22.4 Å². The maximum atomic E-state index is 13.2. The Morgan fingerprint density at radius 3 is 2.34 bits per heavy atom. The highest BCUT2D eigenvalue weighted by atomic mass is 32.2. The molecule has 3 aromatic carbocycles. The summed E-state index contributed by atoms with van der Waals surface area (Å²) in [4.78, 5) is 13.4. The largest absolute Gasteiger partial charge is 0.487 e. The molecule has 4 rings (SSSR count). The Kier molecular flexibility index (Phi) is 6.90. The molecule has 0 fully saturated rings. The smallest absolute Gasteiger partial charge is 0.261 e. The van der Waals surface area contributed by atoms with Gasteiger partial charge in [-0.25, -0.2) is 8.42 Å². The molecule has 0 aromatic heterocycles. The van der Waals surface area contributed by atoms with Crippen LogP contribution in [-0.2, 0) is 10.0 Å². The second-order valence-corrected chi connectivity index (χ2v) is 10.9. The first-order chi connectivity index (χ1) is 16.7. The zero-order valence-electron chi connectivity index (χ0n) is 20.6. The van der Waals surface area contributed by atoms with Crippen LogP contribution in [0.25, 0.3) is 0 Å². The molecule has 0 saturated heterocycles. The van der Waals surface area contributed by atoms with Crippen LogP contribution < -0.4 is 14.8 Å². The van der Waals surface area contributed by atoms with Gasteiger partial charge < -0.3 is 10.1 Å². The molecule has 0 saturated carbocycles. The molecule has 1 heterocycles. The molecule has 0 aliphatic carbocycles. The fourth-order valence-corrected chi connectivity index (χ4v) is 5.64. The van der Waals surface area contributed by atoms with Crippen molar-refractivity contribution in [2.45, 2.75) is 63.5 Å². The molecule has 1 atom stereocenters. The summed E-state index contributed by atoms with van der Waals surface area (Å²) in [5, 5.41) is 3.18. The minimum absolute atomic E-state index is 0.174. The fraction of sp³-hybridized carbons (Fsp3) is 0.321. The molecule has 0 bridgehead atoms. The average Bonchev–Trinajstić information content (AvgIpc) is 2.85. The second-order valence-electron chi connectivity index (χ2n) is 9.21. The zero-order chi connectivity index (χ0) is 25.2. The van der Waals surface area contributed by atoms with Crippen molar-refractivity contribution in [2.75, 3.05) is 4.72 Å². The summed E-state index contributed by atoms with van der Waals surface area (Å²) in [5.74, 6) is 0.605. The Morgan fingerprint density at radius 1 is 1.00 bits per heavy atom. The number of carbonyl (C=O) groups is 1. The molecule has 6 nitrogen and oxygen atoms in total. The summed E-state index contributed by atoms with van der Waals surface area (Å²) in [6.07, 6.45) is 2.38. The molecule has 7 heteroatoms. The van der Waals surface area contributed by atoms with E-state index in [9.17, 15) is 13.2 Å². The molecule has 3 aromatic rings. The van der Waals surface area contributed by atoms with Crippen molar-refractivity contribution >= 4 is 21.6 Å². The topological polar surface area (TPSA) is 84.5 Å². The van der Waals surface area contributed by atoms with E-state index in [0.29, 0.717) is 23.2 Å². The standard InChI is InChI=1S/C28H32N2O4S/c1-5-28(6-2)18-25(23-9-7-8-10-26(23)34-28)29-27(31)21-13-16-24(20(4)17-21)30-35(32,33)22-14-11-19(3)12-15-22/h7-17,25,30H,5-6,18H2,1-4H3,(H,29,31)/t25-/m0/s1. The summed E-state index contributed by atoms with van der Waals surface area (Å²) in [6, 6.07) is 19.3. The van der Waals surface area contributed by atoms with Gasteiger partial charge in [-0.2, -0.15) is 0 Å². The highest BCUT2D eigenvalue weighted by Crippen LogP contribution is 2.42. The van der Waals surface area contributed by atoms with Gasteiger partial charge in [-0.05, 0) is 68.7 Å². The van der Waals surface area contributed by atoms with E-state index in [1.165, 1.54) is 0 Å². The molecular formula is C28H32N2O4S. The van der Waals surface area contributed by atoms with Gasteiger partial charge in [0.2, 0.25) is 0 Å². The van der Waals surface area contributed by atoms with E-state index in [2.05, 4.69) is 23.9 Å². The lowest BCUT2D eigenvalue weighted by Gasteiger charge is -2.41. The van der Waals surface area contributed by atoms with E-state index >= 15 is 0 Å². The highest BCUT2D eigenvalue weighted by Gasteiger charge is 2.39. The number of para-hydroxylation sites is 1. The maximum Gasteiger partial charge on any atom is 0.261 e. The number of benzene rings is 3. The molecule has 1 aliphatic heterocycles. The van der Waals surface area contributed by atoms with Crippen LogP contribution in [0.5, 0.6) is 5.75 Å². The number of sulfonamides is 1. The molecule has 1 amide bonds. The number of ether oxygens (including phenoxy) is 1. The van der Waals surface area contributed by atoms with E-state index in [0.717, 1.165) is 29.7 Å². The highest BCUT2D eigenvalue weighted by molar-refractivity contribution is 7.92. The van der Waals surface area contributed by atoms with Gasteiger partial charge in [-0.3, -0.25) is 9.52 Å². The van der Waals surface area contributed by atoms with Gasteiger partial charge in [0.25, 0.3) is 15.9 Å². The van der Waals surface area contributed by atoms with Gasteiger partial charge in [0.15, 0.2) is 0 Å². The monoisotopic (exact) mass is 492 g/mol. The van der Waals surface area contributed by atoms with E-state index in [1.54, 1.807) is 49.4 Å². The predicted molar refractivity (Wildman–Crippen MR) is 138 cm³/mol. The molecule has 35 heavy (non-hydrogen) atoms. The Morgan fingerprint density at radius 2 is 1.69 bits per heavy atom. The summed E-state index contributed by atoms with van der Waals surface area (Å²) in [5.41, 5.74) is 3.21. The van der Waals surface area contributed by atoms with E-state index in [1.807, 2.05) is 31.2 Å². The number of nitrogens with one attached hydrogen (secondary N) is 2. The lowest BCUT2D eigenvalue weighted by atomic mass is 9.83. The Hall–Kier alpha value is -3.32. The first-order valence-corrected chi connectivity index (χ1v) is 13.4. The van der Waals surface area contributed by atoms with Crippen LogP contribution in [-0.4, -0.2) is 19.9 Å². The molecule has 0 unspecified atom stereocenters. The number of hydrogen-bond acceptors (Lipinski definition) is 4. The van der Waals surface area contributed by atoms with Crippen LogP contribution >= 0.6 is 0 Å². The van der Waals surface area contributed by atoms with E-state index < -0.39 is 10.0 Å². The summed E-state index contributed by atoms with van der Waals surface area (Å²) in [7, 11) is -3.73. The molecule has 0 radical (unpaired) electrons. The maximum absolute atomic E-state index is 13.2. The number of carbonyl (C=O) groups excluding carboxylic acids is 1. The molecular weight excluding hydrogens is 460 g/mol. The van der Waals surface area contributed by atoms with Gasteiger partial charge in [0.05, 0.1) is 16.6 Å². The zero-order valence-corrected chi connectivity index (χ0v) is 21.4. The van der Waals surface area contributed by atoms with Gasteiger partial charge in [0, 0.05) is 17.5 Å². The number of anilines is 1. The minimum atomic E-state index is -3.73. The lowest BCUT2D eigenvalue weighted by Crippen LogP contribution is -2.44. The number of amides is 1. The summed E-state index contributed by atoms with van der Waals surface area (Å²) < 4.78 is 34.5. The minimum Gasteiger partial charge on any atom is -0.487 e. The van der Waals surface area contributed by atoms with Crippen LogP contribution in [0.3, 0.4) is 0 Å². The molecule has 184 valence electrons. The lowest BCUT2D eigenvalue weighted by molar-refractivity contribution is 0.0227. The van der Waals surface area contributed by atoms with Crippen molar-refractivity contribution in [1.82, 2.24) is 5.32 Å². The van der Waals surface area contributed by atoms with Crippen LogP contribution in [0, 0.1) is 13.8 Å². The normalized spacial score (nSPS) is 16.6. The quantitative estimate of drug-likeness (QED) is 0.429. The van der Waals surface area contributed by atoms with Crippen molar-refractivity contribution < 1.29 is 17.9 Å². The van der Waals surface area contributed by atoms with Crippen molar-refractivity contribution in [1.29, 1.82) is 0 Å². The van der Waals surface area contributed by atoms with Gasteiger partial charge in [-0.15, -0.1) is 0 Å². The SMILES string of the molecule is CCC1(CC)C[C@H](NC(=O)c2ccc(NS(=O)(=O)c3ccc(C)cc3)c(C)c2)c2ccccc2O1. The fourth-order valence-electron chi connectivity index (χ4n) is 4.51.